The SMILES string of the molecule is CN(C1CCCCC1)S(=O)(=O)c1ccc(C(=O)Nc2ccc(-n3cncn3)nc2)cc1. The maximum atomic E-state index is 12.9. The van der Waals surface area contributed by atoms with Crippen molar-refractivity contribution in [3.05, 3.63) is 60.8 Å². The lowest BCUT2D eigenvalue weighted by molar-refractivity contribution is 0.102. The molecule has 10 heteroatoms. The van der Waals surface area contributed by atoms with Gasteiger partial charge in [-0.1, -0.05) is 19.3 Å². The third kappa shape index (κ3) is 4.64. The third-order valence-electron chi connectivity index (χ3n) is 5.54. The van der Waals surface area contributed by atoms with E-state index in [1.165, 1.54) is 52.1 Å². The lowest BCUT2D eigenvalue weighted by Gasteiger charge is -2.30. The van der Waals surface area contributed by atoms with E-state index < -0.39 is 10.0 Å². The van der Waals surface area contributed by atoms with Crippen LogP contribution >= 0.6 is 0 Å². The van der Waals surface area contributed by atoms with Crippen LogP contribution in [0.2, 0.25) is 0 Å². The number of anilines is 1. The second-order valence-electron chi connectivity index (χ2n) is 7.54. The molecule has 1 aromatic carbocycles. The van der Waals surface area contributed by atoms with E-state index in [2.05, 4.69) is 20.4 Å². The molecule has 3 aromatic rings. The average Bonchev–Trinajstić information content (AvgIpc) is 3.35. The molecule has 0 atom stereocenters. The van der Waals surface area contributed by atoms with Gasteiger partial charge in [-0.3, -0.25) is 4.79 Å². The summed E-state index contributed by atoms with van der Waals surface area (Å²) < 4.78 is 28.9. The van der Waals surface area contributed by atoms with E-state index >= 15 is 0 Å². The molecule has 1 fully saturated rings. The summed E-state index contributed by atoms with van der Waals surface area (Å²) in [6.07, 6.45) is 9.51. The molecule has 0 aliphatic heterocycles. The number of aromatic nitrogens is 4. The fourth-order valence-corrected chi connectivity index (χ4v) is 5.13. The van der Waals surface area contributed by atoms with Crippen molar-refractivity contribution in [3.8, 4) is 5.82 Å². The van der Waals surface area contributed by atoms with Crippen molar-refractivity contribution in [1.82, 2.24) is 24.1 Å². The maximum Gasteiger partial charge on any atom is 0.255 e. The molecular formula is C21H24N6O3S. The summed E-state index contributed by atoms with van der Waals surface area (Å²) in [5, 5.41) is 6.75. The molecular weight excluding hydrogens is 416 g/mol. The van der Waals surface area contributed by atoms with Gasteiger partial charge in [-0.15, -0.1) is 0 Å². The van der Waals surface area contributed by atoms with E-state index in [1.807, 2.05) is 0 Å². The minimum atomic E-state index is -3.59. The first kappa shape index (κ1) is 21.1. The summed E-state index contributed by atoms with van der Waals surface area (Å²) in [6.45, 7) is 0. The molecule has 2 heterocycles. The number of sulfonamides is 1. The van der Waals surface area contributed by atoms with E-state index in [9.17, 15) is 13.2 Å². The first-order valence-corrected chi connectivity index (χ1v) is 11.6. The van der Waals surface area contributed by atoms with Crippen LogP contribution in [0.1, 0.15) is 42.5 Å². The topological polar surface area (TPSA) is 110 Å². The maximum absolute atomic E-state index is 12.9. The molecule has 1 aliphatic carbocycles. The molecule has 2 aromatic heterocycles. The van der Waals surface area contributed by atoms with Crippen molar-refractivity contribution in [2.45, 2.75) is 43.0 Å². The Morgan fingerprint density at radius 3 is 2.45 bits per heavy atom. The predicted molar refractivity (Wildman–Crippen MR) is 115 cm³/mol. The molecule has 1 aliphatic rings. The number of nitrogens with zero attached hydrogens (tertiary/aromatic N) is 5. The Bertz CT molecular complexity index is 1120. The zero-order valence-corrected chi connectivity index (χ0v) is 18.0. The smallest absolute Gasteiger partial charge is 0.255 e. The Balaban J connectivity index is 1.43. The molecule has 162 valence electrons. The second kappa shape index (κ2) is 8.94. The van der Waals surface area contributed by atoms with Gasteiger partial charge in [0.15, 0.2) is 5.82 Å². The Kier molecular flexibility index (Phi) is 6.10. The zero-order valence-electron chi connectivity index (χ0n) is 17.2. The number of pyridine rings is 1. The molecule has 0 unspecified atom stereocenters. The van der Waals surface area contributed by atoms with Gasteiger partial charge >= 0.3 is 0 Å². The van der Waals surface area contributed by atoms with Gasteiger partial charge in [-0.2, -0.15) is 9.40 Å². The van der Waals surface area contributed by atoms with E-state index in [0.29, 0.717) is 17.1 Å². The number of rotatable bonds is 6. The molecule has 1 N–H and O–H groups in total. The number of amides is 1. The van der Waals surface area contributed by atoms with Crippen LogP contribution in [0, 0.1) is 0 Å². The van der Waals surface area contributed by atoms with Gasteiger partial charge < -0.3 is 5.32 Å². The highest BCUT2D eigenvalue weighted by Crippen LogP contribution is 2.26. The van der Waals surface area contributed by atoms with Gasteiger partial charge in [0.1, 0.15) is 12.7 Å². The molecule has 31 heavy (non-hydrogen) atoms. The van der Waals surface area contributed by atoms with Gasteiger partial charge in [0.05, 0.1) is 16.8 Å². The fraction of sp³-hybridized carbons (Fsp3) is 0.333. The number of carbonyl (C=O) groups excluding carboxylic acids is 1. The predicted octanol–water partition coefficient (Wildman–Crippen LogP) is 2.87. The molecule has 9 nitrogen and oxygen atoms in total. The van der Waals surface area contributed by atoms with Crippen LogP contribution in [0.5, 0.6) is 0 Å². The molecule has 1 saturated carbocycles. The molecule has 4 rings (SSSR count). The van der Waals surface area contributed by atoms with E-state index in [4.69, 9.17) is 0 Å². The summed E-state index contributed by atoms with van der Waals surface area (Å²) in [4.78, 5) is 20.8. The quantitative estimate of drug-likeness (QED) is 0.631. The number of carbonyl (C=O) groups is 1. The standard InChI is InChI=1S/C21H24N6O3S/c1-26(18-5-3-2-4-6-18)31(29,30)19-10-7-16(8-11-19)21(28)25-17-9-12-20(23-13-17)27-15-22-14-24-27/h7-15,18H,2-6H2,1H3,(H,25,28). The fourth-order valence-electron chi connectivity index (χ4n) is 3.71. The zero-order chi connectivity index (χ0) is 21.8. The van der Waals surface area contributed by atoms with Crippen molar-refractivity contribution in [3.63, 3.8) is 0 Å². The largest absolute Gasteiger partial charge is 0.321 e. The first-order chi connectivity index (χ1) is 14.9. The van der Waals surface area contributed by atoms with Gasteiger partial charge in [0, 0.05) is 18.7 Å². The Morgan fingerprint density at radius 2 is 1.84 bits per heavy atom. The summed E-state index contributed by atoms with van der Waals surface area (Å²) in [6, 6.07) is 9.46. The molecule has 1 amide bonds. The number of nitrogens with one attached hydrogen (secondary N) is 1. The number of hydrogen-bond donors (Lipinski definition) is 1. The van der Waals surface area contributed by atoms with Crippen LogP contribution in [0.25, 0.3) is 5.82 Å². The Morgan fingerprint density at radius 1 is 1.10 bits per heavy atom. The average molecular weight is 441 g/mol. The minimum Gasteiger partial charge on any atom is -0.321 e. The molecule has 0 spiro atoms. The minimum absolute atomic E-state index is 0.0368. The van der Waals surface area contributed by atoms with Gasteiger partial charge in [-0.05, 0) is 49.2 Å². The lowest BCUT2D eigenvalue weighted by Crippen LogP contribution is -2.38. The highest BCUT2D eigenvalue weighted by molar-refractivity contribution is 7.89. The van der Waals surface area contributed by atoms with Crippen LogP contribution in [0.15, 0.2) is 60.1 Å². The van der Waals surface area contributed by atoms with Crippen LogP contribution < -0.4 is 5.32 Å². The molecule has 0 radical (unpaired) electrons. The van der Waals surface area contributed by atoms with Crippen LogP contribution in [-0.2, 0) is 10.0 Å². The van der Waals surface area contributed by atoms with Crippen molar-refractivity contribution < 1.29 is 13.2 Å². The van der Waals surface area contributed by atoms with E-state index in [0.717, 1.165) is 32.1 Å². The monoisotopic (exact) mass is 440 g/mol. The van der Waals surface area contributed by atoms with Crippen molar-refractivity contribution >= 4 is 21.6 Å². The lowest BCUT2D eigenvalue weighted by atomic mass is 9.96. The van der Waals surface area contributed by atoms with E-state index in [-0.39, 0.29) is 16.8 Å². The summed E-state index contributed by atoms with van der Waals surface area (Å²) >= 11 is 0. The van der Waals surface area contributed by atoms with Crippen LogP contribution in [-0.4, -0.2) is 51.5 Å². The van der Waals surface area contributed by atoms with Crippen LogP contribution in [0.3, 0.4) is 0 Å². The van der Waals surface area contributed by atoms with Crippen LogP contribution in [0.4, 0.5) is 5.69 Å². The Hall–Kier alpha value is -3.11. The number of hydrogen-bond acceptors (Lipinski definition) is 6. The van der Waals surface area contributed by atoms with Crippen molar-refractivity contribution in [2.75, 3.05) is 12.4 Å². The van der Waals surface area contributed by atoms with Gasteiger partial charge in [0.25, 0.3) is 5.91 Å². The van der Waals surface area contributed by atoms with Gasteiger partial charge in [-0.25, -0.2) is 23.1 Å². The van der Waals surface area contributed by atoms with Crippen molar-refractivity contribution in [2.24, 2.45) is 0 Å². The summed E-state index contributed by atoms with van der Waals surface area (Å²) in [7, 11) is -1.95. The van der Waals surface area contributed by atoms with Gasteiger partial charge in [0.2, 0.25) is 10.0 Å². The van der Waals surface area contributed by atoms with Crippen molar-refractivity contribution in [1.29, 1.82) is 0 Å². The molecule has 0 saturated heterocycles. The molecule has 0 bridgehead atoms. The highest BCUT2D eigenvalue weighted by Gasteiger charge is 2.29. The van der Waals surface area contributed by atoms with E-state index in [1.54, 1.807) is 19.2 Å². The Labute approximate surface area is 181 Å². The third-order valence-corrected chi connectivity index (χ3v) is 7.47. The first-order valence-electron chi connectivity index (χ1n) is 10.2. The highest BCUT2D eigenvalue weighted by atomic mass is 32.2. The normalized spacial score (nSPS) is 15.2. The number of benzene rings is 1. The summed E-state index contributed by atoms with van der Waals surface area (Å²) in [5.41, 5.74) is 0.877. The second-order valence-corrected chi connectivity index (χ2v) is 9.53. The summed E-state index contributed by atoms with van der Waals surface area (Å²) in [5.74, 6) is 0.229.